The van der Waals surface area contributed by atoms with Gasteiger partial charge in [0.25, 0.3) is 0 Å². The van der Waals surface area contributed by atoms with E-state index in [9.17, 15) is 10.1 Å². The summed E-state index contributed by atoms with van der Waals surface area (Å²) in [6.07, 6.45) is 1.28. The largest absolute Gasteiger partial charge is 0.489 e. The van der Waals surface area contributed by atoms with E-state index in [1.165, 1.54) is 6.20 Å². The smallest absolute Gasteiger partial charge is 0.339 e. The Morgan fingerprint density at radius 3 is 2.64 bits per heavy atom. The van der Waals surface area contributed by atoms with E-state index in [0.717, 1.165) is 0 Å². The number of ether oxygens (including phenoxy) is 1. The highest BCUT2D eigenvalue weighted by Gasteiger charge is 2.12. The molecule has 0 atom stereocenters. The summed E-state index contributed by atoms with van der Waals surface area (Å²) in [5.74, 6) is -0.154. The van der Waals surface area contributed by atoms with E-state index in [2.05, 4.69) is 9.97 Å². The molecule has 0 saturated carbocycles. The highest BCUT2D eigenvalue weighted by molar-refractivity contribution is 5.88. The van der Waals surface area contributed by atoms with Crippen LogP contribution in [0.3, 0.4) is 0 Å². The molecular formula is C21H14N4O3. The lowest BCUT2D eigenvalue weighted by atomic mass is 10.0. The first kappa shape index (κ1) is 18.6. The lowest BCUT2D eigenvalue weighted by Gasteiger charge is -2.10. The third kappa shape index (κ3) is 3.79. The minimum atomic E-state index is -1.07. The average molecular weight is 370 g/mol. The van der Waals surface area contributed by atoms with E-state index in [1.807, 2.05) is 12.1 Å². The summed E-state index contributed by atoms with van der Waals surface area (Å²) in [6.45, 7) is 1.74. The van der Waals surface area contributed by atoms with Crippen LogP contribution in [0.15, 0.2) is 48.7 Å². The van der Waals surface area contributed by atoms with Crippen molar-refractivity contribution < 1.29 is 14.6 Å². The molecule has 3 aromatic rings. The van der Waals surface area contributed by atoms with Gasteiger partial charge >= 0.3 is 5.97 Å². The molecular weight excluding hydrogens is 356 g/mol. The fraction of sp³-hybridized carbons (Fsp3) is 0.0952. The number of hydrogen-bond acceptors (Lipinski definition) is 6. The lowest BCUT2D eigenvalue weighted by molar-refractivity contribution is 0.0695. The lowest BCUT2D eigenvalue weighted by Crippen LogP contribution is -2.04. The van der Waals surface area contributed by atoms with Crippen LogP contribution >= 0.6 is 0 Å². The fourth-order valence-electron chi connectivity index (χ4n) is 2.65. The van der Waals surface area contributed by atoms with Crippen LogP contribution in [0, 0.1) is 29.6 Å². The Kier molecular flexibility index (Phi) is 5.29. The number of hydrogen-bond donors (Lipinski definition) is 1. The minimum absolute atomic E-state index is 0.0533. The first-order valence-electron chi connectivity index (χ1n) is 8.25. The van der Waals surface area contributed by atoms with Crippen LogP contribution in [0.5, 0.6) is 5.75 Å². The number of rotatable bonds is 5. The summed E-state index contributed by atoms with van der Waals surface area (Å²) < 4.78 is 5.78. The second kappa shape index (κ2) is 7.98. The summed E-state index contributed by atoms with van der Waals surface area (Å²) in [7, 11) is 0. The van der Waals surface area contributed by atoms with Crippen LogP contribution in [-0.2, 0) is 6.61 Å². The summed E-state index contributed by atoms with van der Waals surface area (Å²) in [6, 6.07) is 16.1. The van der Waals surface area contributed by atoms with Crippen molar-refractivity contribution in [2.75, 3.05) is 0 Å². The molecule has 0 aliphatic carbocycles. The van der Waals surface area contributed by atoms with Crippen LogP contribution in [0.4, 0.5) is 0 Å². The van der Waals surface area contributed by atoms with E-state index in [4.69, 9.17) is 15.1 Å². The van der Waals surface area contributed by atoms with Crippen molar-refractivity contribution in [3.63, 3.8) is 0 Å². The van der Waals surface area contributed by atoms with Gasteiger partial charge in [-0.15, -0.1) is 0 Å². The van der Waals surface area contributed by atoms with E-state index in [1.54, 1.807) is 49.4 Å². The number of benzene rings is 2. The second-order valence-electron chi connectivity index (χ2n) is 5.88. The first-order chi connectivity index (χ1) is 13.5. The molecule has 0 bridgehead atoms. The molecule has 1 N–H and O–H groups in total. The van der Waals surface area contributed by atoms with E-state index >= 15 is 0 Å². The number of carboxylic acids is 1. The molecule has 7 nitrogen and oxygen atoms in total. The maximum Gasteiger partial charge on any atom is 0.339 e. The fourth-order valence-corrected chi connectivity index (χ4v) is 2.65. The minimum Gasteiger partial charge on any atom is -0.489 e. The van der Waals surface area contributed by atoms with Crippen molar-refractivity contribution in [3.8, 4) is 29.3 Å². The molecule has 0 amide bonds. The summed E-state index contributed by atoms with van der Waals surface area (Å²) in [4.78, 5) is 19.5. The van der Waals surface area contributed by atoms with Gasteiger partial charge in [-0.25, -0.2) is 14.8 Å². The highest BCUT2D eigenvalue weighted by Crippen LogP contribution is 2.23. The zero-order valence-electron chi connectivity index (χ0n) is 14.9. The number of aryl methyl sites for hydroxylation is 1. The molecule has 28 heavy (non-hydrogen) atoms. The van der Waals surface area contributed by atoms with Crippen molar-refractivity contribution in [2.45, 2.75) is 13.5 Å². The molecule has 3 rings (SSSR count). The van der Waals surface area contributed by atoms with Gasteiger partial charge in [0.1, 0.15) is 24.5 Å². The topological polar surface area (TPSA) is 120 Å². The van der Waals surface area contributed by atoms with Gasteiger partial charge in [-0.1, -0.05) is 24.3 Å². The highest BCUT2D eigenvalue weighted by atomic mass is 16.5. The van der Waals surface area contributed by atoms with Gasteiger partial charge in [0.2, 0.25) is 0 Å². The van der Waals surface area contributed by atoms with Crippen LogP contribution in [-0.4, -0.2) is 21.0 Å². The van der Waals surface area contributed by atoms with E-state index < -0.39 is 5.97 Å². The van der Waals surface area contributed by atoms with Gasteiger partial charge < -0.3 is 9.84 Å². The molecule has 0 spiro atoms. The number of nitrogens with zero attached hydrogens (tertiary/aromatic N) is 4. The van der Waals surface area contributed by atoms with Crippen molar-refractivity contribution in [1.82, 2.24) is 9.97 Å². The summed E-state index contributed by atoms with van der Waals surface area (Å²) >= 11 is 0. The average Bonchev–Trinajstić information content (AvgIpc) is 2.71. The number of carboxylic acid groups (broad SMARTS) is 1. The zero-order chi connectivity index (χ0) is 20.1. The molecule has 0 unspecified atom stereocenters. The van der Waals surface area contributed by atoms with Crippen LogP contribution in [0.1, 0.15) is 32.7 Å². The predicted molar refractivity (Wildman–Crippen MR) is 99.4 cm³/mol. The molecule has 1 aromatic heterocycles. The van der Waals surface area contributed by atoms with Crippen molar-refractivity contribution in [3.05, 3.63) is 76.6 Å². The van der Waals surface area contributed by atoms with Gasteiger partial charge in [-0.2, -0.15) is 10.5 Å². The van der Waals surface area contributed by atoms with Crippen molar-refractivity contribution in [1.29, 1.82) is 10.5 Å². The molecule has 7 heteroatoms. The Morgan fingerprint density at radius 1 is 1.18 bits per heavy atom. The maximum atomic E-state index is 11.1. The Labute approximate surface area is 161 Å². The Balaban J connectivity index is 1.84. The van der Waals surface area contributed by atoms with Crippen LogP contribution < -0.4 is 4.74 Å². The van der Waals surface area contributed by atoms with E-state index in [-0.39, 0.29) is 12.2 Å². The normalized spacial score (nSPS) is 9.96. The Hall–Kier alpha value is -4.23. The van der Waals surface area contributed by atoms with Crippen LogP contribution in [0.25, 0.3) is 11.4 Å². The van der Waals surface area contributed by atoms with Crippen LogP contribution in [0.2, 0.25) is 0 Å². The van der Waals surface area contributed by atoms with Gasteiger partial charge in [0.15, 0.2) is 5.82 Å². The molecule has 0 saturated heterocycles. The molecule has 0 aliphatic rings. The van der Waals surface area contributed by atoms with Gasteiger partial charge in [0, 0.05) is 17.3 Å². The molecule has 0 fully saturated rings. The quantitative estimate of drug-likeness (QED) is 0.730. The number of aromatic carboxylic acids is 1. The number of aromatic nitrogens is 2. The van der Waals surface area contributed by atoms with Gasteiger partial charge in [-0.3, -0.25) is 0 Å². The number of nitriles is 2. The number of carbonyl (C=O) groups is 1. The summed E-state index contributed by atoms with van der Waals surface area (Å²) in [5, 5.41) is 27.5. The first-order valence-corrected chi connectivity index (χ1v) is 8.25. The zero-order valence-corrected chi connectivity index (χ0v) is 14.9. The standard InChI is InChI=1S/C21H14N4O3/c1-13-19(21(26)27)11-24-20(25-13)14-4-3-7-17(8-14)28-12-16-6-2-5-15(9-22)18(16)10-23/h2-8,11H,12H2,1H3,(H,26,27). The molecule has 136 valence electrons. The Bertz CT molecular complexity index is 1140. The molecule has 0 aliphatic heterocycles. The predicted octanol–water partition coefficient (Wildman–Crippen LogP) is 3.47. The van der Waals surface area contributed by atoms with Crippen molar-refractivity contribution >= 4 is 5.97 Å². The molecule has 0 radical (unpaired) electrons. The van der Waals surface area contributed by atoms with Gasteiger partial charge in [0.05, 0.1) is 22.4 Å². The second-order valence-corrected chi connectivity index (χ2v) is 5.88. The summed E-state index contributed by atoms with van der Waals surface area (Å²) in [5.41, 5.74) is 2.31. The molecule has 1 heterocycles. The van der Waals surface area contributed by atoms with Gasteiger partial charge in [-0.05, 0) is 25.1 Å². The third-order valence-electron chi connectivity index (χ3n) is 4.08. The van der Waals surface area contributed by atoms with E-state index in [0.29, 0.717) is 39.5 Å². The third-order valence-corrected chi connectivity index (χ3v) is 4.08. The SMILES string of the molecule is Cc1nc(-c2cccc(OCc3cccc(C#N)c3C#N)c2)ncc1C(=O)O. The van der Waals surface area contributed by atoms with Crippen molar-refractivity contribution in [2.24, 2.45) is 0 Å². The maximum absolute atomic E-state index is 11.1. The molecule has 2 aromatic carbocycles. The Morgan fingerprint density at radius 2 is 1.96 bits per heavy atom. The monoisotopic (exact) mass is 370 g/mol.